The third-order valence-electron chi connectivity index (χ3n) is 3.57. The van der Waals surface area contributed by atoms with Crippen LogP contribution >= 0.6 is 11.6 Å². The number of carbonyl (C=O) groups is 2. The molecule has 0 saturated heterocycles. The summed E-state index contributed by atoms with van der Waals surface area (Å²) in [5.74, 6) is -1.15. The number of benzene rings is 2. The van der Waals surface area contributed by atoms with E-state index in [0.717, 1.165) is 11.1 Å². The second-order valence-corrected chi connectivity index (χ2v) is 7.32. The van der Waals surface area contributed by atoms with E-state index >= 15 is 0 Å². The Morgan fingerprint density at radius 1 is 1.12 bits per heavy atom. The third kappa shape index (κ3) is 5.77. The number of hydrogen-bond donors (Lipinski definition) is 2. The maximum Gasteiger partial charge on any atom is 0.408 e. The number of halogens is 1. The third-order valence-corrected chi connectivity index (χ3v) is 3.93. The highest BCUT2D eigenvalue weighted by molar-refractivity contribution is 6.31. The normalized spacial score (nSPS) is 12.3. The van der Waals surface area contributed by atoms with Gasteiger partial charge in [0, 0.05) is 11.4 Å². The molecule has 2 aromatic rings. The second kappa shape index (κ2) is 8.23. The summed E-state index contributed by atoms with van der Waals surface area (Å²) in [5.41, 5.74) is 1.88. The van der Waals surface area contributed by atoms with Crippen LogP contribution in [-0.4, -0.2) is 28.8 Å². The highest BCUT2D eigenvalue weighted by Crippen LogP contribution is 2.26. The number of nitrogens with one attached hydrogen (secondary N) is 1. The summed E-state index contributed by atoms with van der Waals surface area (Å²) in [6.45, 7) is 5.13. The van der Waals surface area contributed by atoms with E-state index < -0.39 is 23.7 Å². The van der Waals surface area contributed by atoms with Gasteiger partial charge in [0.2, 0.25) is 0 Å². The number of amides is 1. The maximum atomic E-state index is 11.9. The molecule has 0 saturated carbocycles. The van der Waals surface area contributed by atoms with Crippen LogP contribution in [0.1, 0.15) is 26.3 Å². The van der Waals surface area contributed by atoms with Crippen LogP contribution in [0.15, 0.2) is 48.5 Å². The minimum absolute atomic E-state index is 0.0580. The maximum absolute atomic E-state index is 11.9. The molecule has 0 aliphatic carbocycles. The molecule has 0 heterocycles. The Morgan fingerprint density at radius 2 is 1.77 bits per heavy atom. The molecule has 1 amide bonds. The van der Waals surface area contributed by atoms with Crippen molar-refractivity contribution in [3.8, 4) is 11.1 Å². The van der Waals surface area contributed by atoms with Crippen LogP contribution in [-0.2, 0) is 16.0 Å². The molecule has 2 N–H and O–H groups in total. The zero-order valence-corrected chi connectivity index (χ0v) is 15.7. The van der Waals surface area contributed by atoms with Crippen molar-refractivity contribution in [3.05, 3.63) is 59.1 Å². The number of carboxylic acids is 1. The average molecular weight is 376 g/mol. The molecule has 0 radical (unpaired) electrons. The summed E-state index contributed by atoms with van der Waals surface area (Å²) in [6.07, 6.45) is -0.718. The number of rotatable bonds is 5. The van der Waals surface area contributed by atoms with Gasteiger partial charge < -0.3 is 15.2 Å². The van der Waals surface area contributed by atoms with Gasteiger partial charge in [-0.1, -0.05) is 54.1 Å². The van der Waals surface area contributed by atoms with Gasteiger partial charge in [0.15, 0.2) is 0 Å². The van der Waals surface area contributed by atoms with Crippen molar-refractivity contribution in [2.24, 2.45) is 0 Å². The van der Waals surface area contributed by atoms with Gasteiger partial charge in [0.25, 0.3) is 0 Å². The van der Waals surface area contributed by atoms with Crippen LogP contribution in [0.3, 0.4) is 0 Å². The van der Waals surface area contributed by atoms with E-state index in [0.29, 0.717) is 10.6 Å². The summed E-state index contributed by atoms with van der Waals surface area (Å²) in [5, 5.41) is 12.2. The molecular formula is C20H22ClNO4. The molecule has 138 valence electrons. The Balaban J connectivity index is 2.14. The van der Waals surface area contributed by atoms with Crippen molar-refractivity contribution >= 4 is 23.7 Å². The van der Waals surface area contributed by atoms with Crippen LogP contribution in [0, 0.1) is 0 Å². The fourth-order valence-corrected chi connectivity index (χ4v) is 2.65. The molecule has 5 nitrogen and oxygen atoms in total. The first-order valence-electron chi connectivity index (χ1n) is 8.22. The van der Waals surface area contributed by atoms with Gasteiger partial charge in [-0.2, -0.15) is 0 Å². The molecule has 1 atom stereocenters. The molecule has 2 rings (SSSR count). The van der Waals surface area contributed by atoms with E-state index in [1.807, 2.05) is 36.4 Å². The Kier molecular flexibility index (Phi) is 6.27. The van der Waals surface area contributed by atoms with Gasteiger partial charge in [-0.15, -0.1) is 0 Å². The minimum atomic E-state index is -1.15. The number of carbonyl (C=O) groups excluding carboxylic acids is 1. The van der Waals surface area contributed by atoms with Crippen molar-refractivity contribution in [3.63, 3.8) is 0 Å². The van der Waals surface area contributed by atoms with E-state index in [1.54, 1.807) is 32.9 Å². The number of carboxylic acid groups (broad SMARTS) is 1. The SMILES string of the molecule is CC(C)(C)OC(=O)NC(Cc1ccc(-c2ccccc2)cc1Cl)C(=O)O. The van der Waals surface area contributed by atoms with E-state index in [-0.39, 0.29) is 6.42 Å². The van der Waals surface area contributed by atoms with E-state index in [1.165, 1.54) is 0 Å². The Bertz CT molecular complexity index is 784. The van der Waals surface area contributed by atoms with Gasteiger partial charge >= 0.3 is 12.1 Å². The zero-order valence-electron chi connectivity index (χ0n) is 15.0. The van der Waals surface area contributed by atoms with Gasteiger partial charge in [0.05, 0.1) is 0 Å². The topological polar surface area (TPSA) is 75.6 Å². The predicted molar refractivity (Wildman–Crippen MR) is 101 cm³/mol. The standard InChI is InChI=1S/C20H22ClNO4/c1-20(2,3)26-19(25)22-17(18(23)24)12-15-10-9-14(11-16(15)21)13-7-5-4-6-8-13/h4-11,17H,12H2,1-3H3,(H,22,25)(H,23,24). The fraction of sp³-hybridized carbons (Fsp3) is 0.300. The van der Waals surface area contributed by atoms with Crippen LogP contribution < -0.4 is 5.32 Å². The molecule has 0 aliphatic heterocycles. The van der Waals surface area contributed by atoms with Crippen LogP contribution in [0.5, 0.6) is 0 Å². The molecule has 6 heteroatoms. The zero-order chi connectivity index (χ0) is 19.3. The van der Waals surface area contributed by atoms with Crippen LogP contribution in [0.25, 0.3) is 11.1 Å². The lowest BCUT2D eigenvalue weighted by molar-refractivity contribution is -0.139. The highest BCUT2D eigenvalue weighted by Gasteiger charge is 2.25. The lowest BCUT2D eigenvalue weighted by Crippen LogP contribution is -2.44. The smallest absolute Gasteiger partial charge is 0.408 e. The predicted octanol–water partition coefficient (Wildman–Crippen LogP) is 4.53. The molecule has 26 heavy (non-hydrogen) atoms. The number of hydrogen-bond acceptors (Lipinski definition) is 3. The van der Waals surface area contributed by atoms with Crippen molar-refractivity contribution in [2.45, 2.75) is 38.8 Å². The number of alkyl carbamates (subject to hydrolysis) is 1. The molecule has 0 bridgehead atoms. The second-order valence-electron chi connectivity index (χ2n) is 6.91. The number of aliphatic carboxylic acids is 1. The van der Waals surface area contributed by atoms with Crippen LogP contribution in [0.2, 0.25) is 5.02 Å². The molecule has 0 fully saturated rings. The Hall–Kier alpha value is -2.53. The largest absolute Gasteiger partial charge is 0.480 e. The van der Waals surface area contributed by atoms with E-state index in [9.17, 15) is 14.7 Å². The molecular weight excluding hydrogens is 354 g/mol. The summed E-state index contributed by atoms with van der Waals surface area (Å²) in [6, 6.07) is 14.0. The lowest BCUT2D eigenvalue weighted by atomic mass is 10.0. The average Bonchev–Trinajstić information content (AvgIpc) is 2.54. The van der Waals surface area contributed by atoms with Gasteiger partial charge in [-0.05, 0) is 43.5 Å². The van der Waals surface area contributed by atoms with Gasteiger partial charge in [-0.3, -0.25) is 0 Å². The summed E-state index contributed by atoms with van der Waals surface area (Å²) in [7, 11) is 0. The van der Waals surface area contributed by atoms with Crippen molar-refractivity contribution in [1.82, 2.24) is 5.32 Å². The van der Waals surface area contributed by atoms with Gasteiger partial charge in [0.1, 0.15) is 11.6 Å². The molecule has 1 unspecified atom stereocenters. The quantitative estimate of drug-likeness (QED) is 0.805. The first-order chi connectivity index (χ1) is 12.2. The van der Waals surface area contributed by atoms with Gasteiger partial charge in [-0.25, -0.2) is 9.59 Å². The first-order valence-corrected chi connectivity index (χ1v) is 8.59. The van der Waals surface area contributed by atoms with Crippen molar-refractivity contribution in [2.75, 3.05) is 0 Å². The minimum Gasteiger partial charge on any atom is -0.480 e. The fourth-order valence-electron chi connectivity index (χ4n) is 2.39. The summed E-state index contributed by atoms with van der Waals surface area (Å²) >= 11 is 6.33. The lowest BCUT2D eigenvalue weighted by Gasteiger charge is -2.22. The van der Waals surface area contributed by atoms with Crippen molar-refractivity contribution in [1.29, 1.82) is 0 Å². The van der Waals surface area contributed by atoms with E-state index in [4.69, 9.17) is 16.3 Å². The Labute approximate surface area is 157 Å². The molecule has 0 aromatic heterocycles. The molecule has 0 spiro atoms. The van der Waals surface area contributed by atoms with Crippen molar-refractivity contribution < 1.29 is 19.4 Å². The highest BCUT2D eigenvalue weighted by atomic mass is 35.5. The van der Waals surface area contributed by atoms with Crippen LogP contribution in [0.4, 0.5) is 4.79 Å². The number of ether oxygens (including phenoxy) is 1. The monoisotopic (exact) mass is 375 g/mol. The summed E-state index contributed by atoms with van der Waals surface area (Å²) in [4.78, 5) is 23.3. The molecule has 2 aromatic carbocycles. The van der Waals surface area contributed by atoms with E-state index in [2.05, 4.69) is 5.32 Å². The molecule has 0 aliphatic rings. The Morgan fingerprint density at radius 3 is 2.31 bits per heavy atom. The summed E-state index contributed by atoms with van der Waals surface area (Å²) < 4.78 is 5.12. The first kappa shape index (κ1) is 19.8.